The Morgan fingerprint density at radius 3 is 3.00 bits per heavy atom. The zero-order valence-corrected chi connectivity index (χ0v) is 12.2. The van der Waals surface area contributed by atoms with Crippen LogP contribution in [0.5, 0.6) is 0 Å². The first-order valence-corrected chi connectivity index (χ1v) is 7.27. The Morgan fingerprint density at radius 1 is 1.63 bits per heavy atom. The van der Waals surface area contributed by atoms with E-state index < -0.39 is 5.97 Å². The monoisotopic (exact) mass is 299 g/mol. The van der Waals surface area contributed by atoms with Crippen LogP contribution in [0.1, 0.15) is 26.3 Å². The van der Waals surface area contributed by atoms with E-state index in [0.29, 0.717) is 15.7 Å². The molecule has 5 nitrogen and oxygen atoms in total. The third-order valence-electron chi connectivity index (χ3n) is 2.82. The summed E-state index contributed by atoms with van der Waals surface area (Å²) in [7, 11) is 0. The number of pyridine rings is 1. The van der Waals surface area contributed by atoms with E-state index in [1.54, 1.807) is 12.3 Å². The molecule has 19 heavy (non-hydrogen) atoms. The Kier molecular flexibility index (Phi) is 4.31. The minimum atomic E-state index is -0.862. The fraction of sp³-hybridized carbons (Fsp3) is 0.417. The molecular weight excluding hydrogens is 286 g/mol. The van der Waals surface area contributed by atoms with Gasteiger partial charge < -0.3 is 9.67 Å². The lowest BCUT2D eigenvalue weighted by Crippen LogP contribution is -2.07. The summed E-state index contributed by atoms with van der Waals surface area (Å²) in [6.45, 7) is 4.13. The molecule has 0 radical (unpaired) electrons. The number of hydrogen-bond donors (Lipinski definition) is 1. The van der Waals surface area contributed by atoms with Crippen molar-refractivity contribution in [3.8, 4) is 0 Å². The van der Waals surface area contributed by atoms with E-state index in [0.717, 1.165) is 12.1 Å². The summed E-state index contributed by atoms with van der Waals surface area (Å²) in [4.78, 5) is 19.4. The summed E-state index contributed by atoms with van der Waals surface area (Å²) in [5.41, 5.74) is 1.44. The molecule has 0 aromatic carbocycles. The molecular formula is C12H14ClN3O2S. The van der Waals surface area contributed by atoms with Gasteiger partial charge in [0.05, 0.1) is 10.8 Å². The zero-order chi connectivity index (χ0) is 14.0. The average molecular weight is 300 g/mol. The third kappa shape index (κ3) is 3.01. The zero-order valence-electron chi connectivity index (χ0n) is 10.6. The number of aromatic nitrogens is 3. The second-order valence-electron chi connectivity index (χ2n) is 4.20. The molecule has 7 heteroatoms. The molecule has 0 fully saturated rings. The Bertz CT molecular complexity index is 614. The number of thioether (sulfide) groups is 1. The van der Waals surface area contributed by atoms with Crippen LogP contribution in [0.15, 0.2) is 17.4 Å². The van der Waals surface area contributed by atoms with Crippen LogP contribution in [0.2, 0.25) is 5.02 Å². The molecule has 0 spiro atoms. The molecule has 0 amide bonds. The number of nitrogens with zero attached hydrogens (tertiary/aromatic N) is 3. The number of rotatable bonds is 5. The van der Waals surface area contributed by atoms with Gasteiger partial charge in [0.15, 0.2) is 10.8 Å². The second-order valence-corrected chi connectivity index (χ2v) is 5.58. The number of fused-ring (bicyclic) bond motifs is 1. The Morgan fingerprint density at radius 2 is 2.37 bits per heavy atom. The predicted octanol–water partition coefficient (Wildman–Crippen LogP) is 3.23. The van der Waals surface area contributed by atoms with Crippen molar-refractivity contribution in [3.63, 3.8) is 0 Å². The van der Waals surface area contributed by atoms with Crippen LogP contribution in [0.4, 0.5) is 0 Å². The van der Waals surface area contributed by atoms with Crippen LogP contribution in [0, 0.1) is 0 Å². The lowest BCUT2D eigenvalue weighted by Gasteiger charge is -2.14. The number of hydrogen-bond acceptors (Lipinski definition) is 4. The highest BCUT2D eigenvalue weighted by molar-refractivity contribution is 7.99. The van der Waals surface area contributed by atoms with Gasteiger partial charge in [-0.1, -0.05) is 30.3 Å². The molecule has 2 heterocycles. The molecule has 0 aliphatic heterocycles. The molecule has 2 rings (SSSR count). The minimum Gasteiger partial charge on any atom is -0.481 e. The summed E-state index contributed by atoms with van der Waals surface area (Å²) in [6.07, 6.45) is 2.49. The van der Waals surface area contributed by atoms with Crippen molar-refractivity contribution in [2.45, 2.75) is 31.5 Å². The van der Waals surface area contributed by atoms with E-state index in [1.807, 2.05) is 4.57 Å². The van der Waals surface area contributed by atoms with Gasteiger partial charge in [0.1, 0.15) is 5.52 Å². The largest absolute Gasteiger partial charge is 0.481 e. The molecule has 0 aliphatic carbocycles. The summed E-state index contributed by atoms with van der Waals surface area (Å²) >= 11 is 7.11. The van der Waals surface area contributed by atoms with Gasteiger partial charge in [0.2, 0.25) is 0 Å². The fourth-order valence-electron chi connectivity index (χ4n) is 1.74. The van der Waals surface area contributed by atoms with Gasteiger partial charge in [0.25, 0.3) is 0 Å². The maximum atomic E-state index is 10.7. The fourth-order valence-corrected chi connectivity index (χ4v) is 2.72. The first kappa shape index (κ1) is 14.1. The standard InChI is InChI=1S/C12H14ClN3O2S/c1-3-7(2)16-11-9(4-8(13)5-14-11)15-12(16)19-6-10(17)18/h4-5,7H,3,6H2,1-2H3,(H,17,18). The number of aliphatic carboxylic acids is 1. The third-order valence-corrected chi connectivity index (χ3v) is 3.96. The van der Waals surface area contributed by atoms with Gasteiger partial charge in [0, 0.05) is 12.2 Å². The van der Waals surface area contributed by atoms with Crippen LogP contribution in [0.3, 0.4) is 0 Å². The van der Waals surface area contributed by atoms with E-state index >= 15 is 0 Å². The maximum absolute atomic E-state index is 10.7. The highest BCUT2D eigenvalue weighted by Crippen LogP contribution is 2.29. The highest BCUT2D eigenvalue weighted by atomic mass is 35.5. The van der Waals surface area contributed by atoms with Crippen LogP contribution in [-0.4, -0.2) is 31.4 Å². The van der Waals surface area contributed by atoms with Gasteiger partial charge >= 0.3 is 5.97 Å². The van der Waals surface area contributed by atoms with Gasteiger partial charge in [-0.25, -0.2) is 9.97 Å². The second kappa shape index (κ2) is 5.79. The Balaban J connectivity index is 2.50. The molecule has 0 aliphatic rings. The number of imidazole rings is 1. The Labute approximate surface area is 120 Å². The van der Waals surface area contributed by atoms with Gasteiger partial charge in [-0.05, 0) is 19.4 Å². The molecule has 0 saturated heterocycles. The molecule has 2 aromatic heterocycles. The normalized spacial score (nSPS) is 12.8. The molecule has 102 valence electrons. The molecule has 0 bridgehead atoms. The minimum absolute atomic E-state index is 0.0203. The van der Waals surface area contributed by atoms with Crippen LogP contribution in [-0.2, 0) is 4.79 Å². The van der Waals surface area contributed by atoms with E-state index in [2.05, 4.69) is 23.8 Å². The van der Waals surface area contributed by atoms with Gasteiger partial charge in [-0.15, -0.1) is 0 Å². The molecule has 1 atom stereocenters. The van der Waals surface area contributed by atoms with Crippen molar-refractivity contribution < 1.29 is 9.90 Å². The smallest absolute Gasteiger partial charge is 0.313 e. The van der Waals surface area contributed by atoms with Crippen LogP contribution < -0.4 is 0 Å². The number of carboxylic acid groups (broad SMARTS) is 1. The van der Waals surface area contributed by atoms with E-state index in [1.165, 1.54) is 11.8 Å². The van der Waals surface area contributed by atoms with Crippen molar-refractivity contribution in [3.05, 3.63) is 17.3 Å². The average Bonchev–Trinajstić information content (AvgIpc) is 2.72. The van der Waals surface area contributed by atoms with Crippen molar-refractivity contribution >= 4 is 40.5 Å². The first-order valence-electron chi connectivity index (χ1n) is 5.91. The number of carbonyl (C=O) groups is 1. The topological polar surface area (TPSA) is 68.0 Å². The molecule has 1 N–H and O–H groups in total. The summed E-state index contributed by atoms with van der Waals surface area (Å²) < 4.78 is 1.97. The van der Waals surface area contributed by atoms with Crippen molar-refractivity contribution in [1.29, 1.82) is 0 Å². The van der Waals surface area contributed by atoms with E-state index in [-0.39, 0.29) is 11.8 Å². The predicted molar refractivity (Wildman–Crippen MR) is 75.9 cm³/mol. The van der Waals surface area contributed by atoms with Gasteiger partial charge in [-0.2, -0.15) is 0 Å². The number of carboxylic acids is 1. The van der Waals surface area contributed by atoms with E-state index in [9.17, 15) is 4.79 Å². The van der Waals surface area contributed by atoms with Crippen molar-refractivity contribution in [2.24, 2.45) is 0 Å². The quantitative estimate of drug-likeness (QED) is 0.859. The van der Waals surface area contributed by atoms with E-state index in [4.69, 9.17) is 16.7 Å². The SMILES string of the molecule is CCC(C)n1c(SCC(=O)O)nc2cc(Cl)cnc21. The summed E-state index contributed by atoms with van der Waals surface area (Å²) in [6, 6.07) is 1.95. The lowest BCUT2D eigenvalue weighted by atomic mass is 10.2. The molecule has 1 unspecified atom stereocenters. The molecule has 2 aromatic rings. The maximum Gasteiger partial charge on any atom is 0.313 e. The number of halogens is 1. The summed E-state index contributed by atoms with van der Waals surface area (Å²) in [5.74, 6) is -0.883. The highest BCUT2D eigenvalue weighted by Gasteiger charge is 2.17. The van der Waals surface area contributed by atoms with Crippen LogP contribution in [0.25, 0.3) is 11.2 Å². The lowest BCUT2D eigenvalue weighted by molar-refractivity contribution is -0.133. The first-order chi connectivity index (χ1) is 9.02. The van der Waals surface area contributed by atoms with Crippen molar-refractivity contribution in [1.82, 2.24) is 14.5 Å². The Hall–Kier alpha value is -1.27. The molecule has 0 saturated carbocycles. The van der Waals surface area contributed by atoms with Gasteiger partial charge in [-0.3, -0.25) is 4.79 Å². The van der Waals surface area contributed by atoms with Crippen molar-refractivity contribution in [2.75, 3.05) is 5.75 Å². The summed E-state index contributed by atoms with van der Waals surface area (Å²) in [5, 5.41) is 9.98. The van der Waals surface area contributed by atoms with Crippen LogP contribution >= 0.6 is 23.4 Å².